The molecule has 0 amide bonds. The smallest absolute Gasteiger partial charge is 0.0324 e. The van der Waals surface area contributed by atoms with Gasteiger partial charge in [-0.2, -0.15) is 0 Å². The number of hydrogen-bond donors (Lipinski definition) is 0. The molecule has 0 aromatic heterocycles. The maximum absolute atomic E-state index is 2.62. The highest BCUT2D eigenvalue weighted by atomic mass is 14.3. The van der Waals surface area contributed by atoms with Gasteiger partial charge in [-0.05, 0) is 18.3 Å². The van der Waals surface area contributed by atoms with Crippen molar-refractivity contribution in [1.29, 1.82) is 0 Å². The molecule has 0 N–H and O–H groups in total. The van der Waals surface area contributed by atoms with E-state index < -0.39 is 0 Å². The molecule has 0 aliphatic heterocycles. The Labute approximate surface area is 57.6 Å². The largest absolute Gasteiger partial charge is 0.0528 e. The molecule has 1 radical (unpaired) electrons. The Bertz CT molecular complexity index is 76.2. The molecule has 0 aromatic carbocycles. The van der Waals surface area contributed by atoms with Crippen LogP contribution in [0.15, 0.2) is 0 Å². The Morgan fingerprint density at radius 2 is 1.22 bits per heavy atom. The van der Waals surface area contributed by atoms with E-state index in [1.807, 2.05) is 0 Å². The van der Waals surface area contributed by atoms with E-state index in [0.29, 0.717) is 0 Å². The average Bonchev–Trinajstić information content (AvgIpc) is 1.88. The molecule has 2 aliphatic rings. The minimum Gasteiger partial charge on any atom is -0.0528 e. The quantitative estimate of drug-likeness (QED) is 0.464. The molecule has 0 heteroatoms. The Kier molecular flexibility index (Phi) is 1.48. The molecule has 2 fully saturated rings. The van der Waals surface area contributed by atoms with Gasteiger partial charge in [-0.15, -0.1) is 0 Å². The minimum absolute atomic E-state index is 1.03. The molecule has 2 bridgehead atoms. The first-order chi connectivity index (χ1) is 4.45. The second-order valence-electron chi connectivity index (χ2n) is 3.57. The van der Waals surface area contributed by atoms with Crippen molar-refractivity contribution in [3.8, 4) is 0 Å². The van der Waals surface area contributed by atoms with E-state index in [4.69, 9.17) is 0 Å². The summed E-state index contributed by atoms with van der Waals surface area (Å²) in [5.41, 5.74) is 0. The van der Waals surface area contributed by atoms with Crippen LogP contribution in [0.3, 0.4) is 0 Å². The molecule has 0 atom stereocenters. The van der Waals surface area contributed by atoms with E-state index in [0.717, 1.165) is 11.8 Å². The summed E-state index contributed by atoms with van der Waals surface area (Å²) >= 11 is 0. The number of rotatable bonds is 0. The van der Waals surface area contributed by atoms with Crippen molar-refractivity contribution in [3.63, 3.8) is 0 Å². The Hall–Kier alpha value is 0. The normalized spacial score (nSPS) is 42.7. The lowest BCUT2D eigenvalue weighted by atomic mass is 9.72. The molecular formula is C9H15. The highest BCUT2D eigenvalue weighted by molar-refractivity contribution is 4.91. The van der Waals surface area contributed by atoms with Crippen LogP contribution in [0.4, 0.5) is 0 Å². The third-order valence-corrected chi connectivity index (χ3v) is 2.84. The third-order valence-electron chi connectivity index (χ3n) is 2.84. The van der Waals surface area contributed by atoms with E-state index in [1.54, 1.807) is 0 Å². The second kappa shape index (κ2) is 2.32. The van der Waals surface area contributed by atoms with Crippen molar-refractivity contribution < 1.29 is 0 Å². The van der Waals surface area contributed by atoms with Crippen LogP contribution < -0.4 is 0 Å². The van der Waals surface area contributed by atoms with E-state index >= 15 is 0 Å². The molecular weight excluding hydrogens is 108 g/mol. The summed E-state index contributed by atoms with van der Waals surface area (Å²) in [6, 6.07) is 0. The van der Waals surface area contributed by atoms with E-state index in [1.165, 1.54) is 38.5 Å². The first-order valence-electron chi connectivity index (χ1n) is 4.30. The van der Waals surface area contributed by atoms with Crippen LogP contribution in [0.2, 0.25) is 0 Å². The number of fused-ring (bicyclic) bond motifs is 2. The monoisotopic (exact) mass is 123 g/mol. The first kappa shape index (κ1) is 5.76. The topological polar surface area (TPSA) is 0 Å². The summed E-state index contributed by atoms with van der Waals surface area (Å²) in [5.74, 6) is 2.05. The second-order valence-corrected chi connectivity index (χ2v) is 3.57. The molecule has 0 saturated heterocycles. The summed E-state index contributed by atoms with van der Waals surface area (Å²) in [7, 11) is 0. The average molecular weight is 123 g/mol. The summed E-state index contributed by atoms with van der Waals surface area (Å²) < 4.78 is 0. The SMILES string of the molecule is [CH]1[C@H]2CCC[C@@H]1CCC2. The zero-order chi connectivity index (χ0) is 6.10. The summed E-state index contributed by atoms with van der Waals surface area (Å²) in [4.78, 5) is 0. The Balaban J connectivity index is 1.96. The van der Waals surface area contributed by atoms with Gasteiger partial charge in [-0.1, -0.05) is 38.5 Å². The molecule has 2 aliphatic carbocycles. The highest BCUT2D eigenvalue weighted by Gasteiger charge is 2.25. The van der Waals surface area contributed by atoms with E-state index in [-0.39, 0.29) is 0 Å². The van der Waals surface area contributed by atoms with E-state index in [9.17, 15) is 0 Å². The molecule has 0 nitrogen and oxygen atoms in total. The molecule has 0 heterocycles. The zero-order valence-electron chi connectivity index (χ0n) is 5.97. The lowest BCUT2D eigenvalue weighted by Gasteiger charge is -2.33. The van der Waals surface area contributed by atoms with Crippen LogP contribution in [0.25, 0.3) is 0 Å². The van der Waals surface area contributed by atoms with Gasteiger partial charge < -0.3 is 0 Å². The maximum Gasteiger partial charge on any atom is -0.0324 e. The first-order valence-corrected chi connectivity index (χ1v) is 4.30. The Morgan fingerprint density at radius 3 is 1.56 bits per heavy atom. The van der Waals surface area contributed by atoms with Crippen LogP contribution in [-0.4, -0.2) is 0 Å². The fourth-order valence-electron chi connectivity index (χ4n) is 2.34. The van der Waals surface area contributed by atoms with Crippen LogP contribution >= 0.6 is 0 Å². The maximum atomic E-state index is 2.62. The predicted octanol–water partition coefficient (Wildman–Crippen LogP) is 2.79. The van der Waals surface area contributed by atoms with Crippen LogP contribution in [0.5, 0.6) is 0 Å². The molecule has 2 saturated carbocycles. The molecule has 0 aromatic rings. The van der Waals surface area contributed by atoms with Crippen molar-refractivity contribution in [2.24, 2.45) is 11.8 Å². The van der Waals surface area contributed by atoms with Gasteiger partial charge in [0.05, 0.1) is 0 Å². The van der Waals surface area contributed by atoms with Gasteiger partial charge in [0.1, 0.15) is 0 Å². The van der Waals surface area contributed by atoms with Crippen LogP contribution in [0, 0.1) is 18.3 Å². The van der Waals surface area contributed by atoms with Gasteiger partial charge in [-0.3, -0.25) is 0 Å². The van der Waals surface area contributed by atoms with Gasteiger partial charge in [-0.25, -0.2) is 0 Å². The van der Waals surface area contributed by atoms with Crippen molar-refractivity contribution >= 4 is 0 Å². The lowest BCUT2D eigenvalue weighted by Crippen LogP contribution is -2.21. The van der Waals surface area contributed by atoms with Crippen LogP contribution in [0.1, 0.15) is 38.5 Å². The number of hydrogen-bond acceptors (Lipinski definition) is 0. The van der Waals surface area contributed by atoms with Gasteiger partial charge in [0.25, 0.3) is 0 Å². The standard InChI is InChI=1S/C9H15/c1-3-8-5-2-6-9(4-1)7-8/h7-9H,1-6H2/t8-,9+. The van der Waals surface area contributed by atoms with E-state index in [2.05, 4.69) is 6.42 Å². The van der Waals surface area contributed by atoms with Crippen molar-refractivity contribution in [1.82, 2.24) is 0 Å². The fraction of sp³-hybridized carbons (Fsp3) is 0.889. The molecule has 0 spiro atoms. The minimum atomic E-state index is 1.03. The summed E-state index contributed by atoms with van der Waals surface area (Å²) in [6.07, 6.45) is 11.6. The van der Waals surface area contributed by atoms with Gasteiger partial charge in [0.2, 0.25) is 0 Å². The summed E-state index contributed by atoms with van der Waals surface area (Å²) in [6.45, 7) is 0. The summed E-state index contributed by atoms with van der Waals surface area (Å²) in [5, 5.41) is 0. The van der Waals surface area contributed by atoms with Crippen molar-refractivity contribution in [2.45, 2.75) is 38.5 Å². The third kappa shape index (κ3) is 1.12. The lowest BCUT2D eigenvalue weighted by molar-refractivity contribution is 0.269. The zero-order valence-corrected chi connectivity index (χ0v) is 5.97. The van der Waals surface area contributed by atoms with Crippen molar-refractivity contribution in [3.05, 3.63) is 6.42 Å². The van der Waals surface area contributed by atoms with Crippen molar-refractivity contribution in [2.75, 3.05) is 0 Å². The molecule has 9 heavy (non-hydrogen) atoms. The molecule has 2 rings (SSSR count). The fourth-order valence-corrected chi connectivity index (χ4v) is 2.34. The molecule has 0 unspecified atom stereocenters. The van der Waals surface area contributed by atoms with Crippen LogP contribution in [-0.2, 0) is 0 Å². The predicted molar refractivity (Wildman–Crippen MR) is 39.0 cm³/mol. The van der Waals surface area contributed by atoms with Gasteiger partial charge in [0.15, 0.2) is 0 Å². The highest BCUT2D eigenvalue weighted by Crippen LogP contribution is 2.38. The Morgan fingerprint density at radius 1 is 0.778 bits per heavy atom. The van der Waals surface area contributed by atoms with Gasteiger partial charge >= 0.3 is 0 Å². The van der Waals surface area contributed by atoms with Gasteiger partial charge in [0, 0.05) is 0 Å². The molecule has 51 valence electrons.